The van der Waals surface area contributed by atoms with Crippen LogP contribution in [0.15, 0.2) is 12.4 Å². The molecule has 0 unspecified atom stereocenters. The Labute approximate surface area is 154 Å². The highest BCUT2D eigenvalue weighted by atomic mass is 19.4. The van der Waals surface area contributed by atoms with E-state index in [4.69, 9.17) is 0 Å². The molecule has 3 aliphatic heterocycles. The molecule has 3 fully saturated rings. The summed E-state index contributed by atoms with van der Waals surface area (Å²) in [4.78, 5) is 27.5. The quantitative estimate of drug-likeness (QED) is 0.843. The van der Waals surface area contributed by atoms with Gasteiger partial charge in [0.05, 0.1) is 11.7 Å². The van der Waals surface area contributed by atoms with Gasteiger partial charge in [0, 0.05) is 38.8 Å². The third kappa shape index (κ3) is 3.61. The van der Waals surface area contributed by atoms with Crippen LogP contribution in [-0.4, -0.2) is 63.2 Å². The van der Waals surface area contributed by atoms with Gasteiger partial charge in [0.25, 0.3) is 0 Å². The van der Waals surface area contributed by atoms with Crippen LogP contribution in [0.2, 0.25) is 0 Å². The van der Waals surface area contributed by atoms with Crippen molar-refractivity contribution in [1.29, 1.82) is 0 Å². The Morgan fingerprint density at radius 3 is 2.52 bits per heavy atom. The van der Waals surface area contributed by atoms with Gasteiger partial charge in [0.15, 0.2) is 0 Å². The first-order valence-corrected chi connectivity index (χ1v) is 9.20. The van der Waals surface area contributed by atoms with E-state index in [1.54, 1.807) is 9.80 Å². The Balaban J connectivity index is 1.24. The minimum Gasteiger partial charge on any atom is -0.347 e. The van der Waals surface area contributed by atoms with E-state index in [-0.39, 0.29) is 28.1 Å². The van der Waals surface area contributed by atoms with E-state index in [1.807, 2.05) is 0 Å². The molecular weight excluding hydrogens is 363 g/mol. The molecule has 3 aliphatic rings. The minimum atomic E-state index is -4.48. The second kappa shape index (κ2) is 6.42. The van der Waals surface area contributed by atoms with Crippen molar-refractivity contribution in [2.24, 2.45) is 5.92 Å². The van der Waals surface area contributed by atoms with Crippen molar-refractivity contribution < 1.29 is 22.8 Å². The summed E-state index contributed by atoms with van der Waals surface area (Å²) >= 11 is 0. The fraction of sp³-hybridized carbons (Fsp3) is 0.706. The Hall–Kier alpha value is -2.26. The van der Waals surface area contributed by atoms with E-state index >= 15 is 0 Å². The van der Waals surface area contributed by atoms with E-state index in [1.165, 1.54) is 6.20 Å². The van der Waals surface area contributed by atoms with E-state index in [9.17, 15) is 22.8 Å². The molecule has 148 valence electrons. The number of aromatic nitrogens is 2. The predicted octanol–water partition coefficient (Wildman–Crippen LogP) is 1.70. The monoisotopic (exact) mass is 385 g/mol. The van der Waals surface area contributed by atoms with Crippen LogP contribution in [0.4, 0.5) is 18.0 Å². The maximum Gasteiger partial charge on any atom is 0.504 e. The molecule has 0 atom stereocenters. The number of nitrogens with zero attached hydrogens (tertiary/aromatic N) is 4. The molecule has 0 radical (unpaired) electrons. The van der Waals surface area contributed by atoms with Crippen LogP contribution in [0.3, 0.4) is 0 Å². The zero-order valence-electron chi connectivity index (χ0n) is 14.8. The summed E-state index contributed by atoms with van der Waals surface area (Å²) in [6, 6.07) is -0.00915. The third-order valence-corrected chi connectivity index (χ3v) is 5.80. The normalized spacial score (nSPS) is 22.9. The van der Waals surface area contributed by atoms with Gasteiger partial charge in [-0.15, -0.1) is 13.2 Å². The Kier molecular flexibility index (Phi) is 4.31. The van der Waals surface area contributed by atoms with Crippen LogP contribution in [0.25, 0.3) is 0 Å². The van der Waals surface area contributed by atoms with Crippen molar-refractivity contribution in [3.05, 3.63) is 18.0 Å². The lowest BCUT2D eigenvalue weighted by Gasteiger charge is -2.49. The van der Waals surface area contributed by atoms with Gasteiger partial charge in [-0.05, 0) is 37.2 Å². The van der Waals surface area contributed by atoms with Gasteiger partial charge in [0.1, 0.15) is 0 Å². The third-order valence-electron chi connectivity index (χ3n) is 5.80. The highest BCUT2D eigenvalue weighted by Crippen LogP contribution is 2.32. The van der Waals surface area contributed by atoms with Gasteiger partial charge >= 0.3 is 12.3 Å². The molecule has 0 bridgehead atoms. The topological polar surface area (TPSA) is 70.5 Å². The lowest BCUT2D eigenvalue weighted by atomic mass is 9.88. The predicted molar refractivity (Wildman–Crippen MR) is 88.6 cm³/mol. The number of halogens is 3. The van der Waals surface area contributed by atoms with Gasteiger partial charge in [-0.2, -0.15) is 9.78 Å². The number of urea groups is 1. The number of nitrogens with one attached hydrogen (secondary N) is 1. The van der Waals surface area contributed by atoms with Crippen molar-refractivity contribution >= 4 is 11.9 Å². The van der Waals surface area contributed by atoms with Crippen molar-refractivity contribution in [3.63, 3.8) is 0 Å². The van der Waals surface area contributed by atoms with Crippen LogP contribution in [-0.2, 0) is 17.5 Å². The van der Waals surface area contributed by atoms with E-state index in [2.05, 4.69) is 10.4 Å². The standard InChI is InChI=1S/C17H22F3N5O2/c18-17(19,20)25-9-13(8-21-25)7-12-2-5-23(6-3-12)15(27)24-10-16(11-24)4-1-14(26)22-16/h8-9,12H,1-7,10-11H2,(H,22,26). The number of piperidine rings is 1. The summed E-state index contributed by atoms with van der Waals surface area (Å²) in [6.07, 6.45) is 1.19. The number of likely N-dealkylation sites (tertiary alicyclic amines) is 2. The Bertz CT molecular complexity index is 733. The number of hydrogen-bond donors (Lipinski definition) is 1. The number of carbonyl (C=O) groups excluding carboxylic acids is 2. The van der Waals surface area contributed by atoms with Gasteiger partial charge in [-0.1, -0.05) is 0 Å². The maximum absolute atomic E-state index is 12.6. The molecule has 1 aromatic rings. The number of hydrogen-bond acceptors (Lipinski definition) is 3. The zero-order chi connectivity index (χ0) is 19.2. The van der Waals surface area contributed by atoms with Crippen LogP contribution in [0.1, 0.15) is 31.2 Å². The summed E-state index contributed by atoms with van der Waals surface area (Å²) in [5, 5.41) is 6.33. The summed E-state index contributed by atoms with van der Waals surface area (Å²) < 4.78 is 37.8. The molecule has 1 spiro atoms. The Morgan fingerprint density at radius 1 is 1.26 bits per heavy atom. The van der Waals surface area contributed by atoms with Crippen molar-refractivity contribution in [2.75, 3.05) is 26.2 Å². The van der Waals surface area contributed by atoms with Gasteiger partial charge in [0.2, 0.25) is 5.91 Å². The number of rotatable bonds is 2. The van der Waals surface area contributed by atoms with Crippen LogP contribution >= 0.6 is 0 Å². The molecule has 7 nitrogen and oxygen atoms in total. The smallest absolute Gasteiger partial charge is 0.347 e. The molecule has 3 amide bonds. The molecule has 27 heavy (non-hydrogen) atoms. The average molecular weight is 385 g/mol. The molecule has 0 saturated carbocycles. The van der Waals surface area contributed by atoms with Gasteiger partial charge in [-0.25, -0.2) is 4.79 Å². The number of alkyl halides is 3. The fourth-order valence-corrected chi connectivity index (χ4v) is 4.30. The highest BCUT2D eigenvalue weighted by molar-refractivity contribution is 5.82. The summed E-state index contributed by atoms with van der Waals surface area (Å²) in [5.74, 6) is 0.300. The van der Waals surface area contributed by atoms with Crippen molar-refractivity contribution in [1.82, 2.24) is 24.9 Å². The summed E-state index contributed by atoms with van der Waals surface area (Å²) in [5.41, 5.74) is 0.350. The highest BCUT2D eigenvalue weighted by Gasteiger charge is 2.50. The minimum absolute atomic E-state index is 0.00915. The van der Waals surface area contributed by atoms with E-state index in [0.29, 0.717) is 44.6 Å². The van der Waals surface area contributed by atoms with Crippen molar-refractivity contribution in [2.45, 2.75) is 43.9 Å². The van der Waals surface area contributed by atoms with E-state index < -0.39 is 6.30 Å². The lowest BCUT2D eigenvalue weighted by molar-refractivity contribution is -0.212. The molecule has 3 saturated heterocycles. The summed E-state index contributed by atoms with van der Waals surface area (Å²) in [6.45, 7) is 2.34. The van der Waals surface area contributed by atoms with Crippen LogP contribution in [0.5, 0.6) is 0 Å². The first-order chi connectivity index (χ1) is 12.7. The zero-order valence-corrected chi connectivity index (χ0v) is 14.8. The molecule has 4 heterocycles. The molecule has 1 N–H and O–H groups in total. The largest absolute Gasteiger partial charge is 0.504 e. The number of carbonyl (C=O) groups is 2. The molecule has 0 aliphatic carbocycles. The lowest BCUT2D eigenvalue weighted by Crippen LogP contribution is -2.70. The molecule has 10 heteroatoms. The van der Waals surface area contributed by atoms with Gasteiger partial charge < -0.3 is 15.1 Å². The molecule has 0 aromatic carbocycles. The van der Waals surface area contributed by atoms with Crippen LogP contribution in [0, 0.1) is 5.92 Å². The first-order valence-electron chi connectivity index (χ1n) is 9.20. The van der Waals surface area contributed by atoms with Gasteiger partial charge in [-0.3, -0.25) is 4.79 Å². The van der Waals surface area contributed by atoms with Crippen LogP contribution < -0.4 is 5.32 Å². The fourth-order valence-electron chi connectivity index (χ4n) is 4.30. The maximum atomic E-state index is 12.6. The second-order valence-corrected chi connectivity index (χ2v) is 7.86. The molecule has 4 rings (SSSR count). The SMILES string of the molecule is O=C1CCC2(CN(C(=O)N3CCC(Cc4cnn(C(F)(F)F)c4)CC3)C2)N1. The van der Waals surface area contributed by atoms with Crippen molar-refractivity contribution in [3.8, 4) is 0 Å². The Morgan fingerprint density at radius 2 is 1.96 bits per heavy atom. The first kappa shape index (κ1) is 18.1. The summed E-state index contributed by atoms with van der Waals surface area (Å²) in [7, 11) is 0. The molecule has 1 aromatic heterocycles. The number of amides is 3. The van der Waals surface area contributed by atoms with E-state index in [0.717, 1.165) is 25.5 Å². The molecular formula is C17H22F3N5O2. The average Bonchev–Trinajstić information content (AvgIpc) is 3.20. The second-order valence-electron chi connectivity index (χ2n) is 7.86.